The van der Waals surface area contributed by atoms with Gasteiger partial charge in [0.05, 0.1) is 19.1 Å². The molecule has 25 heavy (non-hydrogen) atoms. The molecule has 8 heteroatoms. The van der Waals surface area contributed by atoms with Crippen LogP contribution in [0.25, 0.3) is 0 Å². The molecule has 2 aliphatic heterocycles. The van der Waals surface area contributed by atoms with Crippen molar-refractivity contribution in [2.24, 2.45) is 5.92 Å². The second-order valence-electron chi connectivity index (χ2n) is 7.21. The summed E-state index contributed by atoms with van der Waals surface area (Å²) in [6.45, 7) is 4.16. The molecule has 0 spiro atoms. The van der Waals surface area contributed by atoms with Crippen LogP contribution in [0.4, 0.5) is 0 Å². The van der Waals surface area contributed by atoms with Crippen LogP contribution < -0.4 is 0 Å². The molecule has 2 atom stereocenters. The predicted octanol–water partition coefficient (Wildman–Crippen LogP) is 0.668. The molecule has 2 amide bonds. The number of likely N-dealkylation sites (tertiary alicyclic amines) is 1. The highest BCUT2D eigenvalue weighted by molar-refractivity contribution is 5.89. The van der Waals surface area contributed by atoms with E-state index in [9.17, 15) is 9.59 Å². The highest BCUT2D eigenvalue weighted by Gasteiger charge is 2.43. The lowest BCUT2D eigenvalue weighted by atomic mass is 10.1. The van der Waals surface area contributed by atoms with Crippen molar-refractivity contribution in [3.05, 3.63) is 11.6 Å². The first-order valence-corrected chi connectivity index (χ1v) is 9.26. The number of amides is 2. The van der Waals surface area contributed by atoms with E-state index < -0.39 is 0 Å². The molecular formula is C17H25N5O3. The molecule has 1 saturated carbocycles. The van der Waals surface area contributed by atoms with Crippen molar-refractivity contribution in [1.82, 2.24) is 25.0 Å². The van der Waals surface area contributed by atoms with Gasteiger partial charge in [-0.05, 0) is 19.3 Å². The lowest BCUT2D eigenvalue weighted by Crippen LogP contribution is -2.45. The molecule has 1 aromatic heterocycles. The quantitative estimate of drug-likeness (QED) is 0.845. The van der Waals surface area contributed by atoms with E-state index in [1.807, 2.05) is 9.80 Å². The van der Waals surface area contributed by atoms with Crippen molar-refractivity contribution in [2.45, 2.75) is 51.2 Å². The molecule has 1 aliphatic carbocycles. The van der Waals surface area contributed by atoms with Gasteiger partial charge in [-0.3, -0.25) is 14.7 Å². The molecule has 1 aromatic rings. The molecule has 1 N–H and O–H groups in total. The summed E-state index contributed by atoms with van der Waals surface area (Å²) >= 11 is 0. The first-order chi connectivity index (χ1) is 12.2. The molecule has 8 nitrogen and oxygen atoms in total. The zero-order valence-electron chi connectivity index (χ0n) is 14.6. The SMILES string of the molecule is CCCc1nc([C@@H]2CN(C(=O)[C@H]3CC(=O)N(C4CC4)C3)CCO2)n[nH]1. The number of rotatable bonds is 5. The molecule has 4 rings (SSSR count). The van der Waals surface area contributed by atoms with Gasteiger partial charge in [-0.1, -0.05) is 6.92 Å². The van der Waals surface area contributed by atoms with Gasteiger partial charge in [-0.2, -0.15) is 5.10 Å². The fourth-order valence-corrected chi connectivity index (χ4v) is 3.70. The van der Waals surface area contributed by atoms with Gasteiger partial charge in [-0.15, -0.1) is 0 Å². The number of carbonyl (C=O) groups excluding carboxylic acids is 2. The highest BCUT2D eigenvalue weighted by atomic mass is 16.5. The van der Waals surface area contributed by atoms with E-state index in [1.165, 1.54) is 0 Å². The summed E-state index contributed by atoms with van der Waals surface area (Å²) in [5.41, 5.74) is 0. The number of morpholine rings is 1. The average Bonchev–Trinajstić information content (AvgIpc) is 3.23. The van der Waals surface area contributed by atoms with Crippen LogP contribution in [0.3, 0.4) is 0 Å². The van der Waals surface area contributed by atoms with Crippen LogP contribution in [-0.2, 0) is 20.7 Å². The molecular weight excluding hydrogens is 322 g/mol. The van der Waals surface area contributed by atoms with Crippen molar-refractivity contribution < 1.29 is 14.3 Å². The topological polar surface area (TPSA) is 91.4 Å². The first-order valence-electron chi connectivity index (χ1n) is 9.26. The largest absolute Gasteiger partial charge is 0.366 e. The van der Waals surface area contributed by atoms with E-state index in [0.29, 0.717) is 44.5 Å². The summed E-state index contributed by atoms with van der Waals surface area (Å²) in [6.07, 6.45) is 4.06. The number of nitrogens with one attached hydrogen (secondary N) is 1. The van der Waals surface area contributed by atoms with E-state index in [2.05, 4.69) is 22.1 Å². The van der Waals surface area contributed by atoms with Gasteiger partial charge >= 0.3 is 0 Å². The highest BCUT2D eigenvalue weighted by Crippen LogP contribution is 2.33. The summed E-state index contributed by atoms with van der Waals surface area (Å²) in [6, 6.07) is 0.382. The van der Waals surface area contributed by atoms with E-state index in [0.717, 1.165) is 31.5 Å². The van der Waals surface area contributed by atoms with Gasteiger partial charge in [0.1, 0.15) is 11.9 Å². The zero-order valence-corrected chi connectivity index (χ0v) is 14.6. The van der Waals surface area contributed by atoms with Gasteiger partial charge in [0.15, 0.2) is 5.82 Å². The van der Waals surface area contributed by atoms with Crippen molar-refractivity contribution in [3.8, 4) is 0 Å². The van der Waals surface area contributed by atoms with Crippen LogP contribution in [0.5, 0.6) is 0 Å². The van der Waals surface area contributed by atoms with Crippen molar-refractivity contribution in [2.75, 3.05) is 26.2 Å². The third kappa shape index (κ3) is 3.40. The van der Waals surface area contributed by atoms with Gasteiger partial charge < -0.3 is 14.5 Å². The lowest BCUT2D eigenvalue weighted by molar-refractivity contribution is -0.143. The third-order valence-corrected chi connectivity index (χ3v) is 5.20. The Bertz CT molecular complexity index is 656. The van der Waals surface area contributed by atoms with Crippen LogP contribution in [0, 0.1) is 5.92 Å². The monoisotopic (exact) mass is 347 g/mol. The molecule has 0 radical (unpaired) electrons. The summed E-state index contributed by atoms with van der Waals surface area (Å²) < 4.78 is 5.77. The molecule has 0 bridgehead atoms. The number of hydrogen-bond donors (Lipinski definition) is 1. The minimum Gasteiger partial charge on any atom is -0.366 e. The van der Waals surface area contributed by atoms with Gasteiger partial charge in [0, 0.05) is 32.0 Å². The molecule has 3 aliphatic rings. The molecule has 0 aromatic carbocycles. The number of aromatic nitrogens is 3. The Morgan fingerprint density at radius 2 is 2.20 bits per heavy atom. The Balaban J connectivity index is 1.38. The summed E-state index contributed by atoms with van der Waals surface area (Å²) in [5.74, 6) is 1.45. The second-order valence-corrected chi connectivity index (χ2v) is 7.21. The van der Waals surface area contributed by atoms with Gasteiger partial charge in [0.2, 0.25) is 11.8 Å². The van der Waals surface area contributed by atoms with Crippen molar-refractivity contribution >= 4 is 11.8 Å². The van der Waals surface area contributed by atoms with E-state index in [1.54, 1.807) is 0 Å². The Kier molecular flexibility index (Phi) is 4.45. The Morgan fingerprint density at radius 3 is 2.96 bits per heavy atom. The first kappa shape index (κ1) is 16.5. The van der Waals surface area contributed by atoms with Crippen molar-refractivity contribution in [3.63, 3.8) is 0 Å². The van der Waals surface area contributed by atoms with E-state index in [-0.39, 0.29) is 23.8 Å². The number of H-pyrrole nitrogens is 1. The fourth-order valence-electron chi connectivity index (χ4n) is 3.70. The molecule has 136 valence electrons. The minimum absolute atomic E-state index is 0.0640. The maximum absolute atomic E-state index is 12.9. The summed E-state index contributed by atoms with van der Waals surface area (Å²) in [4.78, 5) is 33.2. The normalized spacial score (nSPS) is 27.2. The van der Waals surface area contributed by atoms with E-state index >= 15 is 0 Å². The fraction of sp³-hybridized carbons (Fsp3) is 0.765. The van der Waals surface area contributed by atoms with E-state index in [4.69, 9.17) is 4.74 Å². The van der Waals surface area contributed by atoms with Crippen LogP contribution in [0.15, 0.2) is 0 Å². The minimum atomic E-state index is -0.295. The Labute approximate surface area is 146 Å². The Hall–Kier alpha value is -1.96. The maximum atomic E-state index is 12.9. The number of carbonyl (C=O) groups is 2. The second kappa shape index (κ2) is 6.74. The van der Waals surface area contributed by atoms with Crippen LogP contribution >= 0.6 is 0 Å². The number of hydrogen-bond acceptors (Lipinski definition) is 5. The summed E-state index contributed by atoms with van der Waals surface area (Å²) in [7, 11) is 0. The van der Waals surface area contributed by atoms with Crippen LogP contribution in [0.1, 0.15) is 50.4 Å². The summed E-state index contributed by atoms with van der Waals surface area (Å²) in [5, 5.41) is 7.18. The Morgan fingerprint density at radius 1 is 1.36 bits per heavy atom. The molecule has 0 unspecified atom stereocenters. The number of ether oxygens (including phenoxy) is 1. The molecule has 3 fully saturated rings. The van der Waals surface area contributed by atoms with Crippen LogP contribution in [0.2, 0.25) is 0 Å². The average molecular weight is 347 g/mol. The molecule has 2 saturated heterocycles. The number of nitrogens with zero attached hydrogens (tertiary/aromatic N) is 4. The zero-order chi connectivity index (χ0) is 17.4. The number of aryl methyl sites for hydroxylation is 1. The van der Waals surface area contributed by atoms with Gasteiger partial charge in [0.25, 0.3) is 0 Å². The lowest BCUT2D eigenvalue weighted by Gasteiger charge is -2.33. The molecule has 3 heterocycles. The van der Waals surface area contributed by atoms with Crippen molar-refractivity contribution in [1.29, 1.82) is 0 Å². The number of aromatic amines is 1. The maximum Gasteiger partial charge on any atom is 0.228 e. The van der Waals surface area contributed by atoms with Crippen LogP contribution in [-0.4, -0.2) is 69.1 Å². The predicted molar refractivity (Wildman–Crippen MR) is 88.5 cm³/mol. The van der Waals surface area contributed by atoms with Gasteiger partial charge in [-0.25, -0.2) is 4.98 Å². The smallest absolute Gasteiger partial charge is 0.228 e. The standard InChI is InChI=1S/C17H25N5O3/c1-2-3-14-18-16(20-19-14)13-10-21(6-7-25-13)17(24)11-8-15(23)22(9-11)12-4-5-12/h11-13H,2-10H2,1H3,(H,18,19,20)/t11-,13-/m0/s1. The third-order valence-electron chi connectivity index (χ3n) is 5.20.